The highest BCUT2D eigenvalue weighted by Gasteiger charge is 2.19. The Kier molecular flexibility index (Phi) is 3.32. The first-order chi connectivity index (χ1) is 8.50. The molecule has 1 heterocycles. The second-order valence-corrected chi connectivity index (χ2v) is 4.41. The standard InChI is InChI=1S/C15H15FO2/c1-9-10(2)18-11(3)15(9)14(17)8-12-6-4-5-7-13(12)16/h4-7H,8H2,1-3H3. The molecule has 0 atom stereocenters. The Balaban J connectivity index is 2.31. The quantitative estimate of drug-likeness (QED) is 0.772. The molecule has 0 radical (unpaired) electrons. The van der Waals surface area contributed by atoms with Gasteiger partial charge in [-0.1, -0.05) is 18.2 Å². The minimum absolute atomic E-state index is 0.0628. The molecule has 0 fully saturated rings. The highest BCUT2D eigenvalue weighted by atomic mass is 19.1. The molecule has 0 unspecified atom stereocenters. The van der Waals surface area contributed by atoms with E-state index in [0.717, 1.165) is 11.3 Å². The molecule has 0 spiro atoms. The zero-order valence-electron chi connectivity index (χ0n) is 10.7. The highest BCUT2D eigenvalue weighted by Crippen LogP contribution is 2.22. The number of carbonyl (C=O) groups is 1. The first-order valence-electron chi connectivity index (χ1n) is 5.84. The fourth-order valence-electron chi connectivity index (χ4n) is 2.11. The summed E-state index contributed by atoms with van der Waals surface area (Å²) in [6, 6.07) is 6.33. The molecular weight excluding hydrogens is 231 g/mol. The molecule has 3 heteroatoms. The Hall–Kier alpha value is -1.90. The van der Waals surface area contributed by atoms with E-state index in [0.29, 0.717) is 16.9 Å². The van der Waals surface area contributed by atoms with Crippen LogP contribution in [0.25, 0.3) is 0 Å². The lowest BCUT2D eigenvalue weighted by Crippen LogP contribution is -2.07. The Morgan fingerprint density at radius 1 is 1.17 bits per heavy atom. The smallest absolute Gasteiger partial charge is 0.171 e. The molecule has 1 aromatic heterocycles. The summed E-state index contributed by atoms with van der Waals surface area (Å²) >= 11 is 0. The molecule has 94 valence electrons. The number of rotatable bonds is 3. The van der Waals surface area contributed by atoms with Crippen molar-refractivity contribution in [3.8, 4) is 0 Å². The number of carbonyl (C=O) groups excluding carboxylic acids is 1. The summed E-state index contributed by atoms with van der Waals surface area (Å²) in [7, 11) is 0. The van der Waals surface area contributed by atoms with Crippen molar-refractivity contribution in [2.45, 2.75) is 27.2 Å². The zero-order chi connectivity index (χ0) is 13.3. The molecule has 1 aromatic carbocycles. The molecule has 2 nitrogen and oxygen atoms in total. The van der Waals surface area contributed by atoms with E-state index in [1.807, 2.05) is 13.8 Å². The molecule has 0 N–H and O–H groups in total. The molecule has 18 heavy (non-hydrogen) atoms. The van der Waals surface area contributed by atoms with Gasteiger partial charge in [0.1, 0.15) is 17.3 Å². The SMILES string of the molecule is Cc1oc(C)c(C(=O)Cc2ccccc2F)c1C. The number of benzene rings is 1. The van der Waals surface area contributed by atoms with Gasteiger partial charge in [0, 0.05) is 12.0 Å². The van der Waals surface area contributed by atoms with Crippen molar-refractivity contribution in [1.29, 1.82) is 0 Å². The van der Waals surface area contributed by atoms with Gasteiger partial charge in [-0.3, -0.25) is 4.79 Å². The van der Waals surface area contributed by atoms with Crippen molar-refractivity contribution in [1.82, 2.24) is 0 Å². The number of hydrogen-bond donors (Lipinski definition) is 0. The summed E-state index contributed by atoms with van der Waals surface area (Å²) in [6.07, 6.45) is 0.0628. The first kappa shape index (κ1) is 12.6. The lowest BCUT2D eigenvalue weighted by atomic mass is 9.99. The van der Waals surface area contributed by atoms with Gasteiger partial charge >= 0.3 is 0 Å². The summed E-state index contributed by atoms with van der Waals surface area (Å²) in [4.78, 5) is 12.2. The first-order valence-corrected chi connectivity index (χ1v) is 5.84. The van der Waals surface area contributed by atoms with Crippen LogP contribution in [-0.4, -0.2) is 5.78 Å². The van der Waals surface area contributed by atoms with Crippen molar-refractivity contribution in [3.63, 3.8) is 0 Å². The summed E-state index contributed by atoms with van der Waals surface area (Å²) in [5.74, 6) is 0.893. The van der Waals surface area contributed by atoms with Gasteiger partial charge in [0.2, 0.25) is 0 Å². The summed E-state index contributed by atoms with van der Waals surface area (Å²) in [6.45, 7) is 5.43. The maximum absolute atomic E-state index is 13.5. The Bertz CT molecular complexity index is 597. The summed E-state index contributed by atoms with van der Waals surface area (Å²) < 4.78 is 18.9. The minimum atomic E-state index is -0.346. The van der Waals surface area contributed by atoms with Gasteiger partial charge in [0.25, 0.3) is 0 Å². The van der Waals surface area contributed by atoms with Crippen molar-refractivity contribution < 1.29 is 13.6 Å². The van der Waals surface area contributed by atoms with Crippen LogP contribution in [0.4, 0.5) is 4.39 Å². The van der Waals surface area contributed by atoms with E-state index in [4.69, 9.17) is 4.42 Å². The highest BCUT2D eigenvalue weighted by molar-refractivity contribution is 5.99. The summed E-state index contributed by atoms with van der Waals surface area (Å²) in [5, 5.41) is 0. The van der Waals surface area contributed by atoms with E-state index in [1.165, 1.54) is 6.07 Å². The van der Waals surface area contributed by atoms with Crippen LogP contribution in [0.15, 0.2) is 28.7 Å². The third-order valence-corrected chi connectivity index (χ3v) is 3.15. The van der Waals surface area contributed by atoms with Gasteiger partial charge < -0.3 is 4.42 Å². The Morgan fingerprint density at radius 3 is 2.39 bits per heavy atom. The fourth-order valence-corrected chi connectivity index (χ4v) is 2.11. The number of furan rings is 1. The van der Waals surface area contributed by atoms with Crippen molar-refractivity contribution in [2.24, 2.45) is 0 Å². The lowest BCUT2D eigenvalue weighted by Gasteiger charge is -2.03. The molecule has 0 aliphatic heterocycles. The van der Waals surface area contributed by atoms with Crippen molar-refractivity contribution in [2.75, 3.05) is 0 Å². The molecule has 0 aliphatic rings. The predicted molar refractivity (Wildman–Crippen MR) is 67.4 cm³/mol. The minimum Gasteiger partial charge on any atom is -0.466 e. The van der Waals surface area contributed by atoms with Crippen LogP contribution in [0.5, 0.6) is 0 Å². The number of ketones is 1. The molecule has 0 saturated heterocycles. The molecule has 2 aromatic rings. The van der Waals surface area contributed by atoms with Crippen LogP contribution < -0.4 is 0 Å². The van der Waals surface area contributed by atoms with Crippen LogP contribution in [0.3, 0.4) is 0 Å². The molecular formula is C15H15FO2. The van der Waals surface area contributed by atoms with E-state index in [1.54, 1.807) is 25.1 Å². The average Bonchev–Trinajstić information content (AvgIpc) is 2.56. The van der Waals surface area contributed by atoms with Gasteiger partial charge in [-0.25, -0.2) is 4.39 Å². The fraction of sp³-hybridized carbons (Fsp3) is 0.267. The largest absolute Gasteiger partial charge is 0.466 e. The molecule has 0 saturated carbocycles. The van der Waals surface area contributed by atoms with E-state index in [-0.39, 0.29) is 18.0 Å². The second kappa shape index (κ2) is 4.77. The van der Waals surface area contributed by atoms with Crippen molar-refractivity contribution in [3.05, 3.63) is 58.3 Å². The van der Waals surface area contributed by atoms with Gasteiger partial charge in [-0.2, -0.15) is 0 Å². The van der Waals surface area contributed by atoms with E-state index in [2.05, 4.69) is 0 Å². The van der Waals surface area contributed by atoms with Crippen molar-refractivity contribution >= 4 is 5.78 Å². The van der Waals surface area contributed by atoms with Crippen LogP contribution in [-0.2, 0) is 6.42 Å². The van der Waals surface area contributed by atoms with E-state index in [9.17, 15) is 9.18 Å². The third kappa shape index (κ3) is 2.21. The maximum Gasteiger partial charge on any atom is 0.171 e. The third-order valence-electron chi connectivity index (χ3n) is 3.15. The van der Waals surface area contributed by atoms with Crippen LogP contribution >= 0.6 is 0 Å². The lowest BCUT2D eigenvalue weighted by molar-refractivity contribution is 0.0990. The Morgan fingerprint density at radius 2 is 1.83 bits per heavy atom. The van der Waals surface area contributed by atoms with Crippen LogP contribution in [0.1, 0.15) is 33.0 Å². The number of halogens is 1. The van der Waals surface area contributed by atoms with E-state index >= 15 is 0 Å². The summed E-state index contributed by atoms with van der Waals surface area (Å²) in [5.41, 5.74) is 1.84. The monoisotopic (exact) mass is 246 g/mol. The topological polar surface area (TPSA) is 30.2 Å². The molecule has 2 rings (SSSR count). The normalized spacial score (nSPS) is 10.7. The van der Waals surface area contributed by atoms with Crippen LogP contribution in [0.2, 0.25) is 0 Å². The maximum atomic E-state index is 13.5. The number of hydrogen-bond acceptors (Lipinski definition) is 2. The Labute approximate surface area is 105 Å². The average molecular weight is 246 g/mol. The number of aryl methyl sites for hydroxylation is 2. The van der Waals surface area contributed by atoms with Gasteiger partial charge in [-0.15, -0.1) is 0 Å². The molecule has 0 bridgehead atoms. The number of Topliss-reactive ketones (excluding diaryl/α,β-unsaturated/α-hetero) is 1. The predicted octanol–water partition coefficient (Wildman–Crippen LogP) is 3.77. The molecule has 0 aliphatic carbocycles. The van der Waals surface area contributed by atoms with Gasteiger partial charge in [0.05, 0.1) is 5.56 Å². The van der Waals surface area contributed by atoms with Gasteiger partial charge in [-0.05, 0) is 32.4 Å². The molecule has 0 amide bonds. The van der Waals surface area contributed by atoms with Crippen LogP contribution in [0, 0.1) is 26.6 Å². The van der Waals surface area contributed by atoms with E-state index < -0.39 is 0 Å². The zero-order valence-corrected chi connectivity index (χ0v) is 10.7. The second-order valence-electron chi connectivity index (χ2n) is 4.41. The van der Waals surface area contributed by atoms with Gasteiger partial charge in [0.15, 0.2) is 5.78 Å².